The second-order valence-electron chi connectivity index (χ2n) is 6.13. The molecule has 136 valence electrons. The van der Waals surface area contributed by atoms with Crippen LogP contribution in [-0.2, 0) is 4.79 Å². The van der Waals surface area contributed by atoms with Crippen molar-refractivity contribution in [3.8, 4) is 5.75 Å². The number of hydrogen-bond donors (Lipinski definition) is 0. The number of carbonyl (C=O) groups excluding carboxylic acids is 1. The summed E-state index contributed by atoms with van der Waals surface area (Å²) in [5.41, 5.74) is 2.75. The number of carbonyl (C=O) groups is 1. The number of benzene rings is 2. The van der Waals surface area contributed by atoms with E-state index in [9.17, 15) is 4.79 Å². The third kappa shape index (κ3) is 4.61. The fourth-order valence-corrected chi connectivity index (χ4v) is 2.92. The SMILES string of the molecule is COc1cccc(/C=C/C(=O)N(C)C(c2ccccc2)c2ccccn2)c1. The van der Waals surface area contributed by atoms with Crippen LogP contribution in [0.5, 0.6) is 5.75 Å². The highest BCUT2D eigenvalue weighted by Crippen LogP contribution is 2.26. The molecular weight excluding hydrogens is 336 g/mol. The van der Waals surface area contributed by atoms with Crippen LogP contribution in [0, 0.1) is 0 Å². The Hall–Kier alpha value is -3.40. The van der Waals surface area contributed by atoms with E-state index in [1.165, 1.54) is 0 Å². The first kappa shape index (κ1) is 18.4. The molecule has 2 aromatic carbocycles. The second kappa shape index (κ2) is 8.81. The van der Waals surface area contributed by atoms with Gasteiger partial charge in [0.15, 0.2) is 0 Å². The Kier molecular flexibility index (Phi) is 6.00. The maximum Gasteiger partial charge on any atom is 0.247 e. The minimum absolute atomic E-state index is 0.0997. The summed E-state index contributed by atoms with van der Waals surface area (Å²) >= 11 is 0. The Bertz CT molecular complexity index is 868. The molecule has 0 saturated carbocycles. The number of hydrogen-bond acceptors (Lipinski definition) is 3. The van der Waals surface area contributed by atoms with Crippen LogP contribution >= 0.6 is 0 Å². The molecule has 1 amide bonds. The van der Waals surface area contributed by atoms with Crippen molar-refractivity contribution in [2.75, 3.05) is 14.2 Å². The van der Waals surface area contributed by atoms with E-state index in [2.05, 4.69) is 4.98 Å². The van der Waals surface area contributed by atoms with Gasteiger partial charge in [-0.05, 0) is 41.5 Å². The van der Waals surface area contributed by atoms with Crippen molar-refractivity contribution in [2.45, 2.75) is 6.04 Å². The Morgan fingerprint density at radius 3 is 2.52 bits per heavy atom. The van der Waals surface area contributed by atoms with Gasteiger partial charge in [0, 0.05) is 19.3 Å². The topological polar surface area (TPSA) is 42.4 Å². The fraction of sp³-hybridized carbons (Fsp3) is 0.130. The first-order chi connectivity index (χ1) is 13.2. The molecule has 0 radical (unpaired) electrons. The van der Waals surface area contributed by atoms with Gasteiger partial charge in [-0.3, -0.25) is 9.78 Å². The van der Waals surface area contributed by atoms with E-state index in [4.69, 9.17) is 4.74 Å². The summed E-state index contributed by atoms with van der Waals surface area (Å²) in [6.45, 7) is 0. The third-order valence-electron chi connectivity index (χ3n) is 4.33. The molecule has 3 rings (SSSR count). The minimum atomic E-state index is -0.255. The standard InChI is InChI=1S/C23H22N2O2/c1-25(22(26)15-14-18-9-8-12-20(17-18)27-2)23(19-10-4-3-5-11-19)21-13-6-7-16-24-21/h3-17,23H,1-2H3/b15-14+. The number of pyridine rings is 1. The van der Waals surface area contributed by atoms with E-state index in [1.807, 2.05) is 72.8 Å². The number of amides is 1. The summed E-state index contributed by atoms with van der Waals surface area (Å²) < 4.78 is 5.23. The van der Waals surface area contributed by atoms with Gasteiger partial charge < -0.3 is 9.64 Å². The molecule has 4 heteroatoms. The number of ether oxygens (including phenoxy) is 1. The minimum Gasteiger partial charge on any atom is -0.497 e. The lowest BCUT2D eigenvalue weighted by Crippen LogP contribution is -2.31. The van der Waals surface area contributed by atoms with Crippen molar-refractivity contribution in [1.29, 1.82) is 0 Å². The molecule has 0 spiro atoms. The van der Waals surface area contributed by atoms with Crippen LogP contribution in [0.3, 0.4) is 0 Å². The van der Waals surface area contributed by atoms with E-state index in [0.717, 1.165) is 22.6 Å². The van der Waals surface area contributed by atoms with E-state index >= 15 is 0 Å². The largest absolute Gasteiger partial charge is 0.497 e. The van der Waals surface area contributed by atoms with Crippen molar-refractivity contribution in [2.24, 2.45) is 0 Å². The summed E-state index contributed by atoms with van der Waals surface area (Å²) in [5.74, 6) is 0.658. The van der Waals surface area contributed by atoms with Crippen molar-refractivity contribution >= 4 is 12.0 Å². The maximum atomic E-state index is 12.8. The molecule has 0 aliphatic rings. The van der Waals surface area contributed by atoms with Gasteiger partial charge in [-0.1, -0.05) is 48.5 Å². The van der Waals surface area contributed by atoms with Crippen LogP contribution < -0.4 is 4.74 Å². The Labute approximate surface area is 159 Å². The summed E-state index contributed by atoms with van der Waals surface area (Å²) in [6, 6.07) is 23.0. The van der Waals surface area contributed by atoms with E-state index in [-0.39, 0.29) is 11.9 Å². The predicted octanol–water partition coefficient (Wildman–Crippen LogP) is 4.35. The number of nitrogens with zero attached hydrogens (tertiary/aromatic N) is 2. The highest BCUT2D eigenvalue weighted by molar-refractivity contribution is 5.92. The maximum absolute atomic E-state index is 12.8. The lowest BCUT2D eigenvalue weighted by Gasteiger charge is -2.27. The molecule has 1 unspecified atom stereocenters. The molecule has 0 N–H and O–H groups in total. The first-order valence-corrected chi connectivity index (χ1v) is 8.74. The normalized spacial score (nSPS) is 11.9. The predicted molar refractivity (Wildman–Crippen MR) is 107 cm³/mol. The molecule has 0 aliphatic heterocycles. The van der Waals surface area contributed by atoms with Gasteiger partial charge >= 0.3 is 0 Å². The van der Waals surface area contributed by atoms with Crippen LogP contribution in [0.4, 0.5) is 0 Å². The quantitative estimate of drug-likeness (QED) is 0.615. The molecule has 0 saturated heterocycles. The van der Waals surface area contributed by atoms with Crippen LogP contribution in [0.2, 0.25) is 0 Å². The summed E-state index contributed by atoms with van der Waals surface area (Å²) in [4.78, 5) is 19.0. The van der Waals surface area contributed by atoms with Gasteiger partial charge in [-0.25, -0.2) is 0 Å². The number of likely N-dealkylation sites (N-methyl/N-ethyl adjacent to an activating group) is 1. The van der Waals surface area contributed by atoms with Crippen molar-refractivity contribution in [3.05, 3.63) is 102 Å². The van der Waals surface area contributed by atoms with Gasteiger partial charge in [-0.15, -0.1) is 0 Å². The van der Waals surface area contributed by atoms with Gasteiger partial charge in [0.05, 0.1) is 18.8 Å². The van der Waals surface area contributed by atoms with Gasteiger partial charge in [0.2, 0.25) is 5.91 Å². The Balaban J connectivity index is 1.86. The van der Waals surface area contributed by atoms with Crippen molar-refractivity contribution < 1.29 is 9.53 Å². The van der Waals surface area contributed by atoms with Crippen LogP contribution in [0.1, 0.15) is 22.9 Å². The Morgan fingerprint density at radius 1 is 1.04 bits per heavy atom. The van der Waals surface area contributed by atoms with Crippen molar-refractivity contribution in [1.82, 2.24) is 9.88 Å². The monoisotopic (exact) mass is 358 g/mol. The molecular formula is C23H22N2O2. The molecule has 1 aromatic heterocycles. The lowest BCUT2D eigenvalue weighted by molar-refractivity contribution is -0.126. The van der Waals surface area contributed by atoms with Gasteiger partial charge in [0.1, 0.15) is 5.75 Å². The van der Waals surface area contributed by atoms with Gasteiger partial charge in [0.25, 0.3) is 0 Å². The Morgan fingerprint density at radius 2 is 1.81 bits per heavy atom. The van der Waals surface area contributed by atoms with Gasteiger partial charge in [-0.2, -0.15) is 0 Å². The zero-order valence-corrected chi connectivity index (χ0v) is 15.4. The number of methoxy groups -OCH3 is 1. The molecule has 1 heterocycles. The highest BCUT2D eigenvalue weighted by atomic mass is 16.5. The third-order valence-corrected chi connectivity index (χ3v) is 4.33. The summed E-state index contributed by atoms with van der Waals surface area (Å²) in [5, 5.41) is 0. The zero-order valence-electron chi connectivity index (χ0n) is 15.4. The van der Waals surface area contributed by atoms with Crippen LogP contribution in [0.25, 0.3) is 6.08 Å². The molecule has 4 nitrogen and oxygen atoms in total. The van der Waals surface area contributed by atoms with E-state index in [1.54, 1.807) is 37.4 Å². The zero-order chi connectivity index (χ0) is 19.1. The summed E-state index contributed by atoms with van der Waals surface area (Å²) in [7, 11) is 3.42. The molecule has 0 aliphatic carbocycles. The van der Waals surface area contributed by atoms with Crippen LogP contribution in [0.15, 0.2) is 85.1 Å². The first-order valence-electron chi connectivity index (χ1n) is 8.74. The highest BCUT2D eigenvalue weighted by Gasteiger charge is 2.23. The number of rotatable bonds is 6. The number of aromatic nitrogens is 1. The smallest absolute Gasteiger partial charge is 0.247 e. The van der Waals surface area contributed by atoms with Crippen molar-refractivity contribution in [3.63, 3.8) is 0 Å². The van der Waals surface area contributed by atoms with E-state index < -0.39 is 0 Å². The fourth-order valence-electron chi connectivity index (χ4n) is 2.92. The lowest BCUT2D eigenvalue weighted by atomic mass is 10.0. The van der Waals surface area contributed by atoms with E-state index in [0.29, 0.717) is 0 Å². The molecule has 1 atom stereocenters. The second-order valence-corrected chi connectivity index (χ2v) is 6.13. The molecule has 0 fully saturated rings. The molecule has 3 aromatic rings. The average molecular weight is 358 g/mol. The average Bonchev–Trinajstić information content (AvgIpc) is 2.74. The molecule has 0 bridgehead atoms. The molecule has 27 heavy (non-hydrogen) atoms. The summed E-state index contributed by atoms with van der Waals surface area (Å²) in [6.07, 6.45) is 5.12. The van der Waals surface area contributed by atoms with Crippen LogP contribution in [-0.4, -0.2) is 29.9 Å².